The predicted molar refractivity (Wildman–Crippen MR) is 104 cm³/mol. The van der Waals surface area contributed by atoms with Gasteiger partial charge in [0, 0.05) is 0 Å². The van der Waals surface area contributed by atoms with Crippen LogP contribution < -0.4 is 20.3 Å². The van der Waals surface area contributed by atoms with E-state index in [2.05, 4.69) is 31.6 Å². The van der Waals surface area contributed by atoms with Crippen LogP contribution >= 0.6 is 0 Å². The normalized spacial score (nSPS) is 10.8. The second kappa shape index (κ2) is 9.07. The van der Waals surface area contributed by atoms with Gasteiger partial charge in [-0.05, 0) is 34.7 Å². The van der Waals surface area contributed by atoms with E-state index in [9.17, 15) is 9.59 Å². The first kappa shape index (κ1) is 20.3. The van der Waals surface area contributed by atoms with Gasteiger partial charge in [0.05, 0.1) is 13.5 Å². The van der Waals surface area contributed by atoms with E-state index in [1.165, 1.54) is 0 Å². The highest BCUT2D eigenvalue weighted by Gasteiger charge is 2.19. The molecule has 144 valence electrons. The lowest BCUT2D eigenvalue weighted by molar-refractivity contribution is -0.129. The van der Waals surface area contributed by atoms with E-state index in [0.717, 1.165) is 16.9 Å². The largest absolute Gasteiger partial charge is 0.497 e. The Labute approximate surface area is 159 Å². The molecule has 0 spiro atoms. The van der Waals surface area contributed by atoms with Crippen molar-refractivity contribution in [2.24, 2.45) is 0 Å². The fourth-order valence-electron chi connectivity index (χ4n) is 2.50. The fourth-order valence-corrected chi connectivity index (χ4v) is 2.50. The first-order valence-corrected chi connectivity index (χ1v) is 8.72. The van der Waals surface area contributed by atoms with E-state index in [4.69, 9.17) is 9.47 Å². The number of hydrogen-bond donors (Lipinski definition) is 2. The molecule has 0 aliphatic carbocycles. The van der Waals surface area contributed by atoms with E-state index in [0.29, 0.717) is 5.75 Å². The summed E-state index contributed by atoms with van der Waals surface area (Å²) >= 11 is 0. The lowest BCUT2D eigenvalue weighted by Gasteiger charge is -2.22. The third kappa shape index (κ3) is 6.33. The molecular formula is C21H26N2O4. The average molecular weight is 370 g/mol. The van der Waals surface area contributed by atoms with Crippen molar-refractivity contribution in [2.45, 2.75) is 32.6 Å². The molecule has 27 heavy (non-hydrogen) atoms. The Morgan fingerprint density at radius 3 is 2.19 bits per heavy atom. The van der Waals surface area contributed by atoms with Crippen LogP contribution in [0.2, 0.25) is 0 Å². The van der Waals surface area contributed by atoms with Crippen molar-refractivity contribution in [3.63, 3.8) is 0 Å². The number of hydrogen-bond acceptors (Lipinski definition) is 4. The van der Waals surface area contributed by atoms with Gasteiger partial charge in [-0.25, -0.2) is 0 Å². The van der Waals surface area contributed by atoms with Crippen LogP contribution in [0.4, 0.5) is 0 Å². The first-order chi connectivity index (χ1) is 12.8. The highest BCUT2D eigenvalue weighted by Crippen LogP contribution is 2.30. The number of carbonyl (C=O) groups is 2. The molecule has 2 amide bonds. The SMILES string of the molecule is COc1ccc(CC(=O)NNC(=O)COc2ccccc2C(C)(C)C)cc1. The summed E-state index contributed by atoms with van der Waals surface area (Å²) in [6.07, 6.45) is 0.151. The molecule has 0 aliphatic heterocycles. The van der Waals surface area contributed by atoms with Crippen LogP contribution in [-0.2, 0) is 21.4 Å². The lowest BCUT2D eigenvalue weighted by Crippen LogP contribution is -2.44. The molecule has 0 bridgehead atoms. The van der Waals surface area contributed by atoms with E-state index >= 15 is 0 Å². The average Bonchev–Trinajstić information content (AvgIpc) is 2.65. The Balaban J connectivity index is 1.80. The number of ether oxygens (including phenoxy) is 2. The summed E-state index contributed by atoms with van der Waals surface area (Å²) in [6, 6.07) is 14.8. The molecule has 6 heteroatoms. The molecule has 0 aliphatic rings. The van der Waals surface area contributed by atoms with E-state index in [1.807, 2.05) is 24.3 Å². The topological polar surface area (TPSA) is 76.7 Å². The lowest BCUT2D eigenvalue weighted by atomic mass is 9.86. The minimum absolute atomic E-state index is 0.0976. The minimum atomic E-state index is -0.429. The van der Waals surface area contributed by atoms with Crippen molar-refractivity contribution in [1.82, 2.24) is 10.9 Å². The van der Waals surface area contributed by atoms with Gasteiger partial charge in [0.15, 0.2) is 6.61 Å². The van der Waals surface area contributed by atoms with Crippen LogP contribution in [0.5, 0.6) is 11.5 Å². The number of hydrazine groups is 1. The maximum atomic E-state index is 12.0. The van der Waals surface area contributed by atoms with Gasteiger partial charge in [0.2, 0.25) is 5.91 Å². The molecule has 0 saturated heterocycles. The molecule has 2 N–H and O–H groups in total. The van der Waals surface area contributed by atoms with Crippen molar-refractivity contribution in [3.05, 3.63) is 59.7 Å². The molecule has 2 aromatic carbocycles. The summed E-state index contributed by atoms with van der Waals surface area (Å²) < 4.78 is 10.7. The van der Waals surface area contributed by atoms with Crippen LogP contribution in [0, 0.1) is 0 Å². The van der Waals surface area contributed by atoms with Crippen molar-refractivity contribution < 1.29 is 19.1 Å². The van der Waals surface area contributed by atoms with E-state index in [1.54, 1.807) is 31.4 Å². The maximum Gasteiger partial charge on any atom is 0.276 e. The molecule has 0 aromatic heterocycles. The van der Waals surface area contributed by atoms with Gasteiger partial charge in [-0.2, -0.15) is 0 Å². The van der Waals surface area contributed by atoms with Gasteiger partial charge in [-0.3, -0.25) is 20.4 Å². The molecular weight excluding hydrogens is 344 g/mol. The van der Waals surface area contributed by atoms with Crippen LogP contribution in [0.15, 0.2) is 48.5 Å². The number of para-hydroxylation sites is 1. The molecule has 0 saturated carbocycles. The number of amides is 2. The highest BCUT2D eigenvalue weighted by atomic mass is 16.5. The molecule has 0 heterocycles. The Morgan fingerprint density at radius 2 is 1.56 bits per heavy atom. The fraction of sp³-hybridized carbons (Fsp3) is 0.333. The quantitative estimate of drug-likeness (QED) is 0.767. The zero-order valence-corrected chi connectivity index (χ0v) is 16.2. The Bertz CT molecular complexity index is 780. The van der Waals surface area contributed by atoms with Gasteiger partial charge in [0.25, 0.3) is 5.91 Å². The zero-order chi connectivity index (χ0) is 19.9. The third-order valence-corrected chi connectivity index (χ3v) is 3.92. The van der Waals surface area contributed by atoms with E-state index in [-0.39, 0.29) is 24.3 Å². The van der Waals surface area contributed by atoms with Crippen molar-refractivity contribution in [1.29, 1.82) is 0 Å². The molecule has 2 rings (SSSR count). The van der Waals surface area contributed by atoms with Gasteiger partial charge in [-0.15, -0.1) is 0 Å². The number of nitrogens with one attached hydrogen (secondary N) is 2. The first-order valence-electron chi connectivity index (χ1n) is 8.72. The molecule has 0 fully saturated rings. The van der Waals surface area contributed by atoms with Crippen LogP contribution in [-0.4, -0.2) is 25.5 Å². The summed E-state index contributed by atoms with van der Waals surface area (Å²) in [5.41, 5.74) is 6.49. The maximum absolute atomic E-state index is 12.0. The minimum Gasteiger partial charge on any atom is -0.497 e. The van der Waals surface area contributed by atoms with E-state index < -0.39 is 5.91 Å². The van der Waals surface area contributed by atoms with Crippen LogP contribution in [0.3, 0.4) is 0 Å². The van der Waals surface area contributed by atoms with Crippen molar-refractivity contribution in [2.75, 3.05) is 13.7 Å². The van der Waals surface area contributed by atoms with Crippen LogP contribution in [0.25, 0.3) is 0 Å². The van der Waals surface area contributed by atoms with Crippen LogP contribution in [0.1, 0.15) is 31.9 Å². The smallest absolute Gasteiger partial charge is 0.276 e. The molecule has 6 nitrogen and oxygen atoms in total. The molecule has 0 radical (unpaired) electrons. The summed E-state index contributed by atoms with van der Waals surface area (Å²) in [5.74, 6) is 0.634. The number of methoxy groups -OCH3 is 1. The standard InChI is InChI=1S/C21H26N2O4/c1-21(2,3)17-7-5-6-8-18(17)27-14-20(25)23-22-19(24)13-15-9-11-16(26-4)12-10-15/h5-12H,13-14H2,1-4H3,(H,22,24)(H,23,25). The summed E-state index contributed by atoms with van der Waals surface area (Å²) in [7, 11) is 1.58. The zero-order valence-electron chi connectivity index (χ0n) is 16.2. The van der Waals surface area contributed by atoms with Gasteiger partial charge >= 0.3 is 0 Å². The summed E-state index contributed by atoms with van der Waals surface area (Å²) in [4.78, 5) is 23.9. The van der Waals surface area contributed by atoms with Crippen molar-refractivity contribution in [3.8, 4) is 11.5 Å². The second-order valence-electron chi connectivity index (χ2n) is 7.16. The monoisotopic (exact) mass is 370 g/mol. The number of carbonyl (C=O) groups excluding carboxylic acids is 2. The Kier molecular flexibility index (Phi) is 6.82. The molecule has 0 atom stereocenters. The Morgan fingerprint density at radius 1 is 0.926 bits per heavy atom. The third-order valence-electron chi connectivity index (χ3n) is 3.92. The summed E-state index contributed by atoms with van der Waals surface area (Å²) in [5, 5.41) is 0. The highest BCUT2D eigenvalue weighted by molar-refractivity contribution is 5.83. The summed E-state index contributed by atoms with van der Waals surface area (Å²) in [6.45, 7) is 6.05. The second-order valence-corrected chi connectivity index (χ2v) is 7.16. The molecule has 2 aromatic rings. The number of benzene rings is 2. The predicted octanol–water partition coefficient (Wildman–Crippen LogP) is 2.76. The number of rotatable bonds is 6. The van der Waals surface area contributed by atoms with Crippen molar-refractivity contribution >= 4 is 11.8 Å². The van der Waals surface area contributed by atoms with Gasteiger partial charge in [-0.1, -0.05) is 51.1 Å². The van der Waals surface area contributed by atoms with Gasteiger partial charge in [0.1, 0.15) is 11.5 Å². The van der Waals surface area contributed by atoms with Gasteiger partial charge < -0.3 is 9.47 Å². The molecule has 0 unspecified atom stereocenters. The Hall–Kier alpha value is -3.02.